The van der Waals surface area contributed by atoms with Gasteiger partial charge in [0.05, 0.1) is 0 Å². The van der Waals surface area contributed by atoms with Crippen molar-refractivity contribution in [3.63, 3.8) is 0 Å². The van der Waals surface area contributed by atoms with Crippen molar-refractivity contribution in [1.29, 1.82) is 0 Å². The van der Waals surface area contributed by atoms with Crippen LogP contribution in [0.25, 0.3) is 0 Å². The molecule has 94 valence electrons. The average Bonchev–Trinajstić information content (AvgIpc) is 2.23. The van der Waals surface area contributed by atoms with Gasteiger partial charge in [0.1, 0.15) is 17.5 Å². The van der Waals surface area contributed by atoms with Gasteiger partial charge < -0.3 is 10.6 Å². The normalized spacial score (nSPS) is 17.6. The van der Waals surface area contributed by atoms with E-state index in [1.54, 1.807) is 0 Å². The summed E-state index contributed by atoms with van der Waals surface area (Å²) in [5.41, 5.74) is 6.94. The highest BCUT2D eigenvalue weighted by atomic mass is 15.2. The van der Waals surface area contributed by atoms with Crippen LogP contribution >= 0.6 is 0 Å². The fraction of sp³-hybridized carbons (Fsp3) is 0.692. The molecule has 17 heavy (non-hydrogen) atoms. The van der Waals surface area contributed by atoms with Crippen molar-refractivity contribution in [1.82, 2.24) is 9.97 Å². The Morgan fingerprint density at radius 1 is 0.941 bits per heavy atom. The predicted octanol–water partition coefficient (Wildman–Crippen LogP) is 2.45. The lowest BCUT2D eigenvalue weighted by atomic mass is 10.1. The van der Waals surface area contributed by atoms with Gasteiger partial charge in [-0.2, -0.15) is 0 Å². The molecule has 1 aliphatic rings. The van der Waals surface area contributed by atoms with E-state index in [0.29, 0.717) is 5.82 Å². The summed E-state index contributed by atoms with van der Waals surface area (Å²) in [7, 11) is 0. The third-order valence-electron chi connectivity index (χ3n) is 3.43. The second-order valence-electron chi connectivity index (χ2n) is 4.86. The number of rotatable bonds is 1. The first kappa shape index (κ1) is 12.1. The van der Waals surface area contributed by atoms with Gasteiger partial charge in [-0.05, 0) is 26.7 Å². The summed E-state index contributed by atoms with van der Waals surface area (Å²) in [6, 6.07) is 0. The Labute approximate surface area is 103 Å². The van der Waals surface area contributed by atoms with Gasteiger partial charge in [-0.15, -0.1) is 0 Å². The molecule has 1 fully saturated rings. The van der Waals surface area contributed by atoms with Gasteiger partial charge in [0.2, 0.25) is 0 Å². The topological polar surface area (TPSA) is 55.0 Å². The number of nitrogen functional groups attached to an aromatic ring is 1. The monoisotopic (exact) mass is 234 g/mol. The smallest absolute Gasteiger partial charge is 0.137 e. The van der Waals surface area contributed by atoms with Gasteiger partial charge in [-0.3, -0.25) is 0 Å². The Kier molecular flexibility index (Phi) is 3.82. The summed E-state index contributed by atoms with van der Waals surface area (Å²) in [4.78, 5) is 11.1. The Hall–Kier alpha value is -1.32. The van der Waals surface area contributed by atoms with E-state index in [2.05, 4.69) is 14.9 Å². The molecule has 2 rings (SSSR count). The average molecular weight is 234 g/mol. The van der Waals surface area contributed by atoms with Crippen LogP contribution in [0.15, 0.2) is 0 Å². The molecule has 0 unspecified atom stereocenters. The Morgan fingerprint density at radius 3 is 2.18 bits per heavy atom. The summed E-state index contributed by atoms with van der Waals surface area (Å²) < 4.78 is 0. The van der Waals surface area contributed by atoms with E-state index >= 15 is 0 Å². The maximum atomic E-state index is 5.92. The summed E-state index contributed by atoms with van der Waals surface area (Å²) in [6.07, 6.45) is 6.53. The van der Waals surface area contributed by atoms with Gasteiger partial charge in [0.25, 0.3) is 0 Å². The minimum absolute atomic E-state index is 0.620. The Morgan fingerprint density at radius 2 is 1.53 bits per heavy atom. The lowest BCUT2D eigenvalue weighted by Gasteiger charge is -2.27. The quantitative estimate of drug-likeness (QED) is 0.811. The molecular weight excluding hydrogens is 212 g/mol. The zero-order valence-electron chi connectivity index (χ0n) is 10.9. The Bertz CT molecular complexity index is 381. The molecule has 2 heterocycles. The van der Waals surface area contributed by atoms with Crippen LogP contribution in [0.5, 0.6) is 0 Å². The van der Waals surface area contributed by atoms with Crippen molar-refractivity contribution in [2.75, 3.05) is 23.7 Å². The molecule has 0 radical (unpaired) electrons. The van der Waals surface area contributed by atoms with E-state index in [1.165, 1.54) is 32.1 Å². The third kappa shape index (κ3) is 2.87. The van der Waals surface area contributed by atoms with Gasteiger partial charge in [0.15, 0.2) is 0 Å². The maximum Gasteiger partial charge on any atom is 0.137 e. The highest BCUT2D eigenvalue weighted by molar-refractivity contribution is 5.56. The van der Waals surface area contributed by atoms with Crippen LogP contribution < -0.4 is 10.6 Å². The van der Waals surface area contributed by atoms with Crippen molar-refractivity contribution >= 4 is 11.6 Å². The van der Waals surface area contributed by atoms with Crippen molar-refractivity contribution in [2.45, 2.75) is 46.0 Å². The van der Waals surface area contributed by atoms with Gasteiger partial charge in [0, 0.05) is 18.7 Å². The molecule has 1 saturated heterocycles. The number of aryl methyl sites for hydroxylation is 1. The predicted molar refractivity (Wildman–Crippen MR) is 71.2 cm³/mol. The van der Waals surface area contributed by atoms with Gasteiger partial charge >= 0.3 is 0 Å². The molecule has 0 aliphatic carbocycles. The van der Waals surface area contributed by atoms with Crippen LogP contribution in [-0.4, -0.2) is 23.1 Å². The summed E-state index contributed by atoms with van der Waals surface area (Å²) in [6.45, 7) is 6.11. The van der Waals surface area contributed by atoms with Crippen molar-refractivity contribution in [3.8, 4) is 0 Å². The van der Waals surface area contributed by atoms with Crippen LogP contribution in [0.3, 0.4) is 0 Å². The molecule has 0 aromatic carbocycles. The maximum absolute atomic E-state index is 5.92. The molecule has 4 heteroatoms. The van der Waals surface area contributed by atoms with Crippen molar-refractivity contribution < 1.29 is 0 Å². The zero-order valence-corrected chi connectivity index (χ0v) is 10.9. The molecule has 0 atom stereocenters. The largest absolute Gasteiger partial charge is 0.383 e. The summed E-state index contributed by atoms with van der Waals surface area (Å²) in [5, 5.41) is 0. The first-order valence-electron chi connectivity index (χ1n) is 6.54. The van der Waals surface area contributed by atoms with E-state index in [1.807, 2.05) is 13.8 Å². The molecule has 0 spiro atoms. The first-order valence-corrected chi connectivity index (χ1v) is 6.54. The minimum atomic E-state index is 0.620. The number of hydrogen-bond acceptors (Lipinski definition) is 4. The molecule has 4 nitrogen and oxygen atoms in total. The van der Waals surface area contributed by atoms with E-state index in [0.717, 1.165) is 30.3 Å². The molecule has 0 amide bonds. The molecular formula is C13H22N4. The van der Waals surface area contributed by atoms with E-state index in [9.17, 15) is 0 Å². The molecule has 0 bridgehead atoms. The summed E-state index contributed by atoms with van der Waals surface area (Å²) >= 11 is 0. The molecule has 1 aromatic heterocycles. The molecule has 0 saturated carbocycles. The van der Waals surface area contributed by atoms with E-state index in [4.69, 9.17) is 5.73 Å². The van der Waals surface area contributed by atoms with Crippen LogP contribution in [-0.2, 0) is 0 Å². The SMILES string of the molecule is Cc1nc(N)c(C)c(N2CCCCCCC2)n1. The van der Waals surface area contributed by atoms with E-state index < -0.39 is 0 Å². The number of anilines is 2. The van der Waals surface area contributed by atoms with Crippen LogP contribution in [0.4, 0.5) is 11.6 Å². The van der Waals surface area contributed by atoms with Crippen LogP contribution in [0, 0.1) is 13.8 Å². The van der Waals surface area contributed by atoms with E-state index in [-0.39, 0.29) is 0 Å². The molecule has 2 N–H and O–H groups in total. The highest BCUT2D eigenvalue weighted by Gasteiger charge is 2.15. The fourth-order valence-corrected chi connectivity index (χ4v) is 2.40. The molecule has 1 aromatic rings. The van der Waals surface area contributed by atoms with Gasteiger partial charge in [-0.25, -0.2) is 9.97 Å². The number of nitrogens with zero attached hydrogens (tertiary/aromatic N) is 3. The van der Waals surface area contributed by atoms with Crippen LogP contribution in [0.1, 0.15) is 43.5 Å². The number of hydrogen-bond donors (Lipinski definition) is 1. The first-order chi connectivity index (χ1) is 8.18. The summed E-state index contributed by atoms with van der Waals surface area (Å²) in [5.74, 6) is 2.43. The standard InChI is InChI=1S/C13H22N4/c1-10-12(14)15-11(2)16-13(10)17-8-6-4-3-5-7-9-17/h3-9H2,1-2H3,(H2,14,15,16). The minimum Gasteiger partial charge on any atom is -0.383 e. The lowest BCUT2D eigenvalue weighted by Crippen LogP contribution is -2.29. The third-order valence-corrected chi connectivity index (χ3v) is 3.43. The lowest BCUT2D eigenvalue weighted by molar-refractivity contribution is 0.552. The fourth-order valence-electron chi connectivity index (χ4n) is 2.40. The van der Waals surface area contributed by atoms with Crippen LogP contribution in [0.2, 0.25) is 0 Å². The highest BCUT2D eigenvalue weighted by Crippen LogP contribution is 2.23. The van der Waals surface area contributed by atoms with Crippen molar-refractivity contribution in [3.05, 3.63) is 11.4 Å². The Balaban J connectivity index is 2.24. The second kappa shape index (κ2) is 5.34. The number of nitrogens with two attached hydrogens (primary N) is 1. The second-order valence-corrected chi connectivity index (χ2v) is 4.86. The molecule has 1 aliphatic heterocycles. The van der Waals surface area contributed by atoms with Crippen molar-refractivity contribution in [2.24, 2.45) is 0 Å². The number of aromatic nitrogens is 2. The zero-order chi connectivity index (χ0) is 12.3. The van der Waals surface area contributed by atoms with Gasteiger partial charge in [-0.1, -0.05) is 19.3 Å².